The van der Waals surface area contributed by atoms with Crippen molar-refractivity contribution in [2.45, 2.75) is 45.3 Å². The first-order valence-corrected chi connectivity index (χ1v) is 6.94. The summed E-state index contributed by atoms with van der Waals surface area (Å²) in [6, 6.07) is 8.34. The molecule has 1 aromatic carbocycles. The van der Waals surface area contributed by atoms with Crippen molar-refractivity contribution in [1.82, 2.24) is 0 Å². The molecule has 0 saturated carbocycles. The zero-order valence-corrected chi connectivity index (χ0v) is 12.7. The molecule has 3 N–H and O–H groups in total. The van der Waals surface area contributed by atoms with Crippen molar-refractivity contribution in [3.05, 3.63) is 35.9 Å². The largest absolute Gasteiger partial charge is 0.480 e. The molecule has 0 radical (unpaired) electrons. The van der Waals surface area contributed by atoms with Gasteiger partial charge in [-0.1, -0.05) is 30.3 Å². The quantitative estimate of drug-likeness (QED) is 0.783. The van der Waals surface area contributed by atoms with Gasteiger partial charge in [0.25, 0.3) is 0 Å². The maximum atomic E-state index is 12.3. The van der Waals surface area contributed by atoms with Gasteiger partial charge in [0.15, 0.2) is 0 Å². The van der Waals surface area contributed by atoms with Crippen LogP contribution < -0.4 is 5.73 Å². The van der Waals surface area contributed by atoms with Gasteiger partial charge in [-0.2, -0.15) is 0 Å². The molecule has 2 atom stereocenters. The highest BCUT2D eigenvalue weighted by Gasteiger charge is 2.29. The summed E-state index contributed by atoms with van der Waals surface area (Å²) < 4.78 is 5.37. The van der Waals surface area contributed by atoms with E-state index in [9.17, 15) is 9.59 Å². The number of aliphatic carboxylic acids is 1. The summed E-state index contributed by atoms with van der Waals surface area (Å²) in [4.78, 5) is 23.2. The van der Waals surface area contributed by atoms with E-state index in [0.717, 1.165) is 5.56 Å². The highest BCUT2D eigenvalue weighted by Crippen LogP contribution is 2.19. The predicted octanol–water partition coefficient (Wildman–Crippen LogP) is 1.99. The van der Waals surface area contributed by atoms with Crippen molar-refractivity contribution < 1.29 is 19.4 Å². The molecule has 0 amide bonds. The Morgan fingerprint density at radius 2 is 1.81 bits per heavy atom. The summed E-state index contributed by atoms with van der Waals surface area (Å²) in [5.74, 6) is -2.10. The third-order valence-corrected chi connectivity index (χ3v) is 2.92. The number of benzene rings is 1. The molecule has 0 fully saturated rings. The Hall–Kier alpha value is -1.88. The molecule has 0 aromatic heterocycles. The molecule has 1 rings (SSSR count). The van der Waals surface area contributed by atoms with Gasteiger partial charge >= 0.3 is 11.9 Å². The van der Waals surface area contributed by atoms with Gasteiger partial charge in [0.05, 0.1) is 5.92 Å². The van der Waals surface area contributed by atoms with Gasteiger partial charge in [0.1, 0.15) is 11.6 Å². The number of hydrogen-bond acceptors (Lipinski definition) is 4. The van der Waals surface area contributed by atoms with Gasteiger partial charge in [0, 0.05) is 0 Å². The highest BCUT2D eigenvalue weighted by atomic mass is 16.6. The minimum Gasteiger partial charge on any atom is -0.480 e. The Labute approximate surface area is 125 Å². The second-order valence-corrected chi connectivity index (χ2v) is 6.10. The first-order chi connectivity index (χ1) is 9.69. The molecule has 0 saturated heterocycles. The Morgan fingerprint density at radius 1 is 1.24 bits per heavy atom. The van der Waals surface area contributed by atoms with Crippen molar-refractivity contribution in [3.8, 4) is 0 Å². The summed E-state index contributed by atoms with van der Waals surface area (Å²) in [5, 5.41) is 8.93. The van der Waals surface area contributed by atoms with Crippen molar-refractivity contribution in [3.63, 3.8) is 0 Å². The van der Waals surface area contributed by atoms with Gasteiger partial charge in [-0.3, -0.25) is 9.59 Å². The number of nitrogens with two attached hydrogens (primary N) is 1. The number of ether oxygens (including phenoxy) is 1. The topological polar surface area (TPSA) is 89.6 Å². The van der Waals surface area contributed by atoms with E-state index in [1.807, 2.05) is 30.3 Å². The van der Waals surface area contributed by atoms with Crippen LogP contribution in [-0.4, -0.2) is 28.7 Å². The second kappa shape index (κ2) is 7.22. The van der Waals surface area contributed by atoms with Crippen LogP contribution in [0.15, 0.2) is 30.3 Å². The van der Waals surface area contributed by atoms with E-state index in [1.54, 1.807) is 20.8 Å². The second-order valence-electron chi connectivity index (χ2n) is 6.10. The smallest absolute Gasteiger partial charge is 0.320 e. The lowest BCUT2D eigenvalue weighted by atomic mass is 9.92. The van der Waals surface area contributed by atoms with Crippen LogP contribution >= 0.6 is 0 Å². The van der Waals surface area contributed by atoms with E-state index in [2.05, 4.69) is 0 Å². The zero-order chi connectivity index (χ0) is 16.0. The summed E-state index contributed by atoms with van der Waals surface area (Å²) in [6.45, 7) is 5.34. The third-order valence-electron chi connectivity index (χ3n) is 2.92. The van der Waals surface area contributed by atoms with Crippen LogP contribution in [0.3, 0.4) is 0 Å². The van der Waals surface area contributed by atoms with E-state index in [4.69, 9.17) is 15.6 Å². The van der Waals surface area contributed by atoms with E-state index >= 15 is 0 Å². The van der Waals surface area contributed by atoms with Crippen molar-refractivity contribution in [1.29, 1.82) is 0 Å². The fraction of sp³-hybridized carbons (Fsp3) is 0.500. The summed E-state index contributed by atoms with van der Waals surface area (Å²) in [5.41, 5.74) is 5.90. The lowest BCUT2D eigenvalue weighted by molar-refractivity contribution is -0.160. The highest BCUT2D eigenvalue weighted by molar-refractivity contribution is 5.77. The molecule has 0 aliphatic heterocycles. The number of carboxylic acids is 1. The molecule has 0 aliphatic rings. The number of carboxylic acid groups (broad SMARTS) is 1. The standard InChI is InChI=1S/C16H23NO4/c1-16(2,3)21-15(20)12(10-13(17)14(18)19)9-11-7-5-4-6-8-11/h4-8,12-13H,9-10,17H2,1-3H3,(H,18,19)/t12?,13-/m1/s1. The monoisotopic (exact) mass is 293 g/mol. The van der Waals surface area contributed by atoms with E-state index in [0.29, 0.717) is 6.42 Å². The molecule has 0 bridgehead atoms. The minimum atomic E-state index is -1.11. The number of hydrogen-bond donors (Lipinski definition) is 2. The first kappa shape index (κ1) is 17.2. The predicted molar refractivity (Wildman–Crippen MR) is 79.7 cm³/mol. The Morgan fingerprint density at radius 3 is 2.29 bits per heavy atom. The first-order valence-electron chi connectivity index (χ1n) is 6.94. The SMILES string of the molecule is CC(C)(C)OC(=O)C(Cc1ccccc1)C[C@@H](N)C(=O)O. The average molecular weight is 293 g/mol. The summed E-state index contributed by atoms with van der Waals surface area (Å²) in [6.07, 6.45) is 0.468. The zero-order valence-electron chi connectivity index (χ0n) is 12.7. The molecule has 0 heterocycles. The van der Waals surface area contributed by atoms with Gasteiger partial charge in [-0.25, -0.2) is 0 Å². The van der Waals surface area contributed by atoms with Crippen molar-refractivity contribution in [2.75, 3.05) is 0 Å². The average Bonchev–Trinajstić information content (AvgIpc) is 2.36. The molecule has 0 aliphatic carbocycles. The lowest BCUT2D eigenvalue weighted by Gasteiger charge is -2.25. The van der Waals surface area contributed by atoms with E-state index in [1.165, 1.54) is 0 Å². The van der Waals surface area contributed by atoms with Crippen LogP contribution in [0, 0.1) is 5.92 Å². The van der Waals surface area contributed by atoms with Crippen LogP contribution in [0.1, 0.15) is 32.8 Å². The van der Waals surface area contributed by atoms with Crippen LogP contribution in [0.25, 0.3) is 0 Å². The number of esters is 1. The minimum absolute atomic E-state index is 0.0547. The van der Waals surface area contributed by atoms with Crippen molar-refractivity contribution >= 4 is 11.9 Å². The number of rotatable bonds is 6. The summed E-state index contributed by atoms with van der Waals surface area (Å²) >= 11 is 0. The third kappa shape index (κ3) is 6.40. The molecule has 5 heteroatoms. The lowest BCUT2D eigenvalue weighted by Crippen LogP contribution is -2.37. The van der Waals surface area contributed by atoms with Gasteiger partial charge in [-0.15, -0.1) is 0 Å². The molecule has 116 valence electrons. The molecular formula is C16H23NO4. The normalized spacial score (nSPS) is 14.3. The van der Waals surface area contributed by atoms with E-state index < -0.39 is 29.5 Å². The molecule has 21 heavy (non-hydrogen) atoms. The molecular weight excluding hydrogens is 270 g/mol. The molecule has 1 aromatic rings. The molecule has 1 unspecified atom stereocenters. The van der Waals surface area contributed by atoms with Crippen LogP contribution in [0.5, 0.6) is 0 Å². The Kier molecular flexibility index (Phi) is 5.90. The maximum absolute atomic E-state index is 12.3. The Balaban J connectivity index is 2.83. The fourth-order valence-corrected chi connectivity index (χ4v) is 1.95. The van der Waals surface area contributed by atoms with Gasteiger partial charge in [-0.05, 0) is 39.2 Å². The number of carbonyl (C=O) groups excluding carboxylic acids is 1. The fourth-order valence-electron chi connectivity index (χ4n) is 1.95. The van der Waals surface area contributed by atoms with Crippen LogP contribution in [0.2, 0.25) is 0 Å². The van der Waals surface area contributed by atoms with E-state index in [-0.39, 0.29) is 6.42 Å². The molecule has 0 spiro atoms. The number of carbonyl (C=O) groups is 2. The van der Waals surface area contributed by atoms with Crippen LogP contribution in [-0.2, 0) is 20.7 Å². The van der Waals surface area contributed by atoms with Crippen LogP contribution in [0.4, 0.5) is 0 Å². The summed E-state index contributed by atoms with van der Waals surface area (Å²) in [7, 11) is 0. The Bertz CT molecular complexity index is 479. The molecule has 5 nitrogen and oxygen atoms in total. The van der Waals surface area contributed by atoms with Gasteiger partial charge < -0.3 is 15.6 Å². The maximum Gasteiger partial charge on any atom is 0.320 e. The van der Waals surface area contributed by atoms with Crippen molar-refractivity contribution in [2.24, 2.45) is 11.7 Å². The van der Waals surface area contributed by atoms with Gasteiger partial charge in [0.2, 0.25) is 0 Å².